The highest BCUT2D eigenvalue weighted by Crippen LogP contribution is 2.42. The van der Waals surface area contributed by atoms with Gasteiger partial charge < -0.3 is 8.83 Å². The Morgan fingerprint density at radius 1 is 0.322 bits per heavy atom. The maximum absolute atomic E-state index is 6.63. The highest BCUT2D eigenvalue weighted by atomic mass is 32.1. The lowest BCUT2D eigenvalue weighted by Crippen LogP contribution is -2.00. The van der Waals surface area contributed by atoms with Crippen LogP contribution in [0.1, 0.15) is 0 Å². The lowest BCUT2D eigenvalue weighted by atomic mass is 9.99. The van der Waals surface area contributed by atoms with Gasteiger partial charge in [0.2, 0.25) is 0 Å². The summed E-state index contributed by atoms with van der Waals surface area (Å²) in [6.45, 7) is 0. The zero-order valence-corrected chi connectivity index (χ0v) is 32.1. The van der Waals surface area contributed by atoms with E-state index in [1.54, 1.807) is 11.3 Å². The molecular formula is C53H29N3O2S. The summed E-state index contributed by atoms with van der Waals surface area (Å²) < 4.78 is 15.3. The average molecular weight is 772 g/mol. The van der Waals surface area contributed by atoms with Gasteiger partial charge in [0, 0.05) is 58.4 Å². The molecule has 0 saturated heterocycles. The number of furan rings is 2. The van der Waals surface area contributed by atoms with Crippen LogP contribution in [-0.2, 0) is 0 Å². The Morgan fingerprint density at radius 3 is 1.85 bits per heavy atom. The third kappa shape index (κ3) is 5.00. The van der Waals surface area contributed by atoms with E-state index in [0.717, 1.165) is 87.9 Å². The van der Waals surface area contributed by atoms with Crippen LogP contribution in [0.2, 0.25) is 0 Å². The number of hydrogen-bond donors (Lipinski definition) is 0. The topological polar surface area (TPSA) is 65.0 Å². The minimum atomic E-state index is 0.584. The minimum Gasteiger partial charge on any atom is -0.456 e. The van der Waals surface area contributed by atoms with Crippen LogP contribution >= 0.6 is 11.3 Å². The Labute approximate surface area is 340 Å². The normalized spacial score (nSPS) is 12.1. The van der Waals surface area contributed by atoms with E-state index in [-0.39, 0.29) is 0 Å². The molecule has 5 nitrogen and oxygen atoms in total. The van der Waals surface area contributed by atoms with Crippen LogP contribution in [0.25, 0.3) is 131 Å². The Bertz CT molecular complexity index is 3870. The number of hydrogen-bond acceptors (Lipinski definition) is 6. The summed E-state index contributed by atoms with van der Waals surface area (Å²) in [4.78, 5) is 16.0. The Kier molecular flexibility index (Phi) is 6.82. The molecule has 0 radical (unpaired) electrons. The predicted octanol–water partition coefficient (Wildman–Crippen LogP) is 15.0. The van der Waals surface area contributed by atoms with Crippen LogP contribution in [0.5, 0.6) is 0 Å². The largest absolute Gasteiger partial charge is 0.456 e. The third-order valence-corrected chi connectivity index (χ3v) is 12.9. The van der Waals surface area contributed by atoms with Crippen molar-refractivity contribution >= 4 is 96.9 Å². The molecule has 13 aromatic rings. The van der Waals surface area contributed by atoms with Gasteiger partial charge in [-0.05, 0) is 87.3 Å². The molecule has 6 heteroatoms. The first kappa shape index (κ1) is 32.4. The fraction of sp³-hybridized carbons (Fsp3) is 0. The molecule has 9 aromatic carbocycles. The highest BCUT2D eigenvalue weighted by molar-refractivity contribution is 7.25. The zero-order chi connectivity index (χ0) is 38.6. The molecule has 0 spiro atoms. The van der Waals surface area contributed by atoms with Gasteiger partial charge >= 0.3 is 0 Å². The van der Waals surface area contributed by atoms with Crippen molar-refractivity contribution < 1.29 is 8.83 Å². The van der Waals surface area contributed by atoms with Gasteiger partial charge in [-0.3, -0.25) is 0 Å². The van der Waals surface area contributed by atoms with Crippen molar-refractivity contribution in [1.82, 2.24) is 15.0 Å². The van der Waals surface area contributed by atoms with E-state index in [0.29, 0.717) is 17.5 Å². The number of benzene rings is 9. The molecular weight excluding hydrogens is 743 g/mol. The second-order valence-corrected chi connectivity index (χ2v) is 16.2. The standard InChI is InChI=1S/C53H29N3O2S/c1-2-10-32-27-33(21-19-30(32)9-1)34-23-25-37-45(29-34)58-43-16-7-13-39(48(37)43)52-54-51(55-53(56-52)40-14-8-18-47-50(40)38-12-4-6-17-46(38)59-47)35-22-20-31-24-26-44-49(41(31)28-35)36-11-3-5-15-42(36)57-44/h1-29H. The van der Waals surface area contributed by atoms with Crippen LogP contribution in [0.4, 0.5) is 0 Å². The molecule has 0 unspecified atom stereocenters. The van der Waals surface area contributed by atoms with Crippen molar-refractivity contribution in [2.75, 3.05) is 0 Å². The van der Waals surface area contributed by atoms with Gasteiger partial charge in [-0.25, -0.2) is 15.0 Å². The monoisotopic (exact) mass is 771 g/mol. The number of para-hydroxylation sites is 1. The van der Waals surface area contributed by atoms with Gasteiger partial charge in [0.1, 0.15) is 22.3 Å². The van der Waals surface area contributed by atoms with Gasteiger partial charge in [-0.15, -0.1) is 11.3 Å². The van der Waals surface area contributed by atoms with Crippen molar-refractivity contribution in [2.24, 2.45) is 0 Å². The van der Waals surface area contributed by atoms with Crippen molar-refractivity contribution in [2.45, 2.75) is 0 Å². The fourth-order valence-electron chi connectivity index (χ4n) is 8.95. The van der Waals surface area contributed by atoms with Gasteiger partial charge in [0.15, 0.2) is 17.5 Å². The molecule has 0 aliphatic heterocycles. The van der Waals surface area contributed by atoms with Crippen molar-refractivity contribution in [1.29, 1.82) is 0 Å². The molecule has 4 heterocycles. The lowest BCUT2D eigenvalue weighted by molar-refractivity contribution is 0.669. The Hall–Kier alpha value is -7.67. The highest BCUT2D eigenvalue weighted by Gasteiger charge is 2.21. The first-order chi connectivity index (χ1) is 29.2. The van der Waals surface area contributed by atoms with Crippen LogP contribution in [0.15, 0.2) is 185 Å². The van der Waals surface area contributed by atoms with Gasteiger partial charge in [-0.1, -0.05) is 121 Å². The smallest absolute Gasteiger partial charge is 0.164 e. The molecule has 0 bridgehead atoms. The molecule has 4 aromatic heterocycles. The SMILES string of the molecule is c1ccc2cc(-c3ccc4c(c3)oc3cccc(-c5nc(-c6ccc7ccc8oc9ccccc9c8c7c6)nc(-c6cccc7sc8ccccc8c67)n5)c34)ccc2c1. The summed E-state index contributed by atoms with van der Waals surface area (Å²) in [6.07, 6.45) is 0. The first-order valence-electron chi connectivity index (χ1n) is 19.7. The third-order valence-electron chi connectivity index (χ3n) is 11.7. The Morgan fingerprint density at radius 2 is 0.932 bits per heavy atom. The van der Waals surface area contributed by atoms with E-state index in [9.17, 15) is 0 Å². The van der Waals surface area contributed by atoms with Crippen LogP contribution < -0.4 is 0 Å². The van der Waals surface area contributed by atoms with E-state index >= 15 is 0 Å². The molecule has 13 rings (SSSR count). The molecule has 274 valence electrons. The second kappa shape index (κ2) is 12.4. The van der Waals surface area contributed by atoms with Crippen molar-refractivity contribution in [3.05, 3.63) is 176 Å². The fourth-order valence-corrected chi connectivity index (χ4v) is 10.1. The van der Waals surface area contributed by atoms with E-state index in [4.69, 9.17) is 23.8 Å². The molecule has 0 atom stereocenters. The number of nitrogens with zero attached hydrogens (tertiary/aromatic N) is 3. The molecule has 0 aliphatic rings. The van der Waals surface area contributed by atoms with Crippen LogP contribution in [0.3, 0.4) is 0 Å². The Balaban J connectivity index is 1.05. The molecule has 59 heavy (non-hydrogen) atoms. The summed E-state index contributed by atoms with van der Waals surface area (Å²) in [5.41, 5.74) is 8.30. The van der Waals surface area contributed by atoms with Crippen LogP contribution in [0, 0.1) is 0 Å². The van der Waals surface area contributed by atoms with Gasteiger partial charge in [0.05, 0.1) is 0 Å². The second-order valence-electron chi connectivity index (χ2n) is 15.1. The number of fused-ring (bicyclic) bond motifs is 12. The van der Waals surface area contributed by atoms with E-state index in [1.807, 2.05) is 24.3 Å². The maximum atomic E-state index is 6.63. The quantitative estimate of drug-likeness (QED) is 0.178. The van der Waals surface area contributed by atoms with Crippen molar-refractivity contribution in [3.8, 4) is 45.3 Å². The average Bonchev–Trinajstić information content (AvgIpc) is 3.99. The number of thiophene rings is 1. The van der Waals surface area contributed by atoms with Crippen molar-refractivity contribution in [3.63, 3.8) is 0 Å². The predicted molar refractivity (Wildman–Crippen MR) is 244 cm³/mol. The summed E-state index contributed by atoms with van der Waals surface area (Å²) in [5, 5.41) is 11.1. The lowest BCUT2D eigenvalue weighted by Gasteiger charge is -2.11. The number of rotatable bonds is 4. The molecule has 0 N–H and O–H groups in total. The minimum absolute atomic E-state index is 0.584. The van der Waals surface area contributed by atoms with Gasteiger partial charge in [-0.2, -0.15) is 0 Å². The van der Waals surface area contributed by atoms with E-state index < -0.39 is 0 Å². The van der Waals surface area contributed by atoms with Gasteiger partial charge in [0.25, 0.3) is 0 Å². The summed E-state index contributed by atoms with van der Waals surface area (Å²) in [6, 6.07) is 61.5. The van der Waals surface area contributed by atoms with E-state index in [2.05, 4.69) is 152 Å². The molecule has 0 saturated carbocycles. The van der Waals surface area contributed by atoms with Crippen LogP contribution in [-0.4, -0.2) is 15.0 Å². The maximum Gasteiger partial charge on any atom is 0.164 e. The summed E-state index contributed by atoms with van der Waals surface area (Å²) in [5.74, 6) is 1.80. The zero-order valence-electron chi connectivity index (χ0n) is 31.3. The summed E-state index contributed by atoms with van der Waals surface area (Å²) >= 11 is 1.79. The molecule has 0 fully saturated rings. The van der Waals surface area contributed by atoms with E-state index in [1.165, 1.54) is 25.6 Å². The molecule has 0 amide bonds. The first-order valence-corrected chi connectivity index (χ1v) is 20.5. The number of aromatic nitrogens is 3. The molecule has 0 aliphatic carbocycles. The summed E-state index contributed by atoms with van der Waals surface area (Å²) in [7, 11) is 0.